The van der Waals surface area contributed by atoms with Gasteiger partial charge in [-0.1, -0.05) is 0 Å². The van der Waals surface area contributed by atoms with E-state index in [1.807, 2.05) is 19.1 Å². The molecule has 24 heavy (non-hydrogen) atoms. The molecule has 2 heterocycles. The van der Waals surface area contributed by atoms with Crippen molar-refractivity contribution in [3.05, 3.63) is 52.5 Å². The van der Waals surface area contributed by atoms with E-state index in [0.29, 0.717) is 0 Å². The maximum absolute atomic E-state index is 12.1. The van der Waals surface area contributed by atoms with E-state index < -0.39 is 0 Å². The van der Waals surface area contributed by atoms with Gasteiger partial charge in [0.1, 0.15) is 11.4 Å². The van der Waals surface area contributed by atoms with Crippen LogP contribution in [0.25, 0.3) is 0 Å². The van der Waals surface area contributed by atoms with Crippen LogP contribution in [-0.2, 0) is 0 Å². The summed E-state index contributed by atoms with van der Waals surface area (Å²) >= 11 is 0. The molecule has 0 radical (unpaired) electrons. The lowest BCUT2D eigenvalue weighted by molar-refractivity contribution is 0.0887. The molecule has 0 saturated heterocycles. The number of ether oxygens (including phenoxy) is 1. The fourth-order valence-electron chi connectivity index (χ4n) is 2.85. The zero-order valence-corrected chi connectivity index (χ0v) is 13.5. The Kier molecular flexibility index (Phi) is 4.88. The smallest absolute Gasteiger partial charge is 0.269 e. The summed E-state index contributed by atoms with van der Waals surface area (Å²) in [5.74, 6) is 0.519. The van der Waals surface area contributed by atoms with E-state index in [4.69, 9.17) is 4.74 Å². The van der Waals surface area contributed by atoms with E-state index in [1.54, 1.807) is 6.20 Å². The van der Waals surface area contributed by atoms with Gasteiger partial charge in [-0.25, -0.2) is 0 Å². The molecule has 0 aliphatic heterocycles. The largest absolute Gasteiger partial charge is 0.489 e. The van der Waals surface area contributed by atoms with Crippen LogP contribution in [0.3, 0.4) is 0 Å². The van der Waals surface area contributed by atoms with Crippen LogP contribution in [0.5, 0.6) is 5.75 Å². The molecule has 1 amide bonds. The van der Waals surface area contributed by atoms with Crippen molar-refractivity contribution in [2.24, 2.45) is 0 Å². The van der Waals surface area contributed by atoms with Crippen molar-refractivity contribution in [3.8, 4) is 5.75 Å². The molecule has 126 valence electrons. The third kappa shape index (κ3) is 3.98. The number of rotatable bonds is 4. The minimum Gasteiger partial charge on any atom is -0.489 e. The average molecular weight is 328 g/mol. The van der Waals surface area contributed by atoms with Crippen molar-refractivity contribution in [1.82, 2.24) is 20.3 Å². The number of nitrogens with zero attached hydrogens (tertiary/aromatic N) is 2. The van der Waals surface area contributed by atoms with Crippen LogP contribution in [0.1, 0.15) is 41.9 Å². The summed E-state index contributed by atoms with van der Waals surface area (Å²) in [4.78, 5) is 33.8. The minimum atomic E-state index is -0.383. The highest BCUT2D eigenvalue weighted by molar-refractivity contribution is 5.92. The molecule has 0 aromatic carbocycles. The predicted molar refractivity (Wildman–Crippen MR) is 88.0 cm³/mol. The number of aromatic nitrogens is 3. The highest BCUT2D eigenvalue weighted by Crippen LogP contribution is 2.25. The van der Waals surface area contributed by atoms with Gasteiger partial charge in [0.05, 0.1) is 24.2 Å². The molecule has 2 aromatic rings. The second-order valence-corrected chi connectivity index (χ2v) is 5.96. The van der Waals surface area contributed by atoms with Gasteiger partial charge < -0.3 is 15.0 Å². The lowest BCUT2D eigenvalue weighted by Gasteiger charge is -2.29. The van der Waals surface area contributed by atoms with Gasteiger partial charge in [-0.3, -0.25) is 19.6 Å². The first-order valence-corrected chi connectivity index (χ1v) is 8.05. The molecule has 1 aliphatic carbocycles. The normalized spacial score (nSPS) is 20.4. The van der Waals surface area contributed by atoms with E-state index in [-0.39, 0.29) is 29.3 Å². The lowest BCUT2D eigenvalue weighted by Crippen LogP contribution is -2.40. The lowest BCUT2D eigenvalue weighted by atomic mass is 9.93. The molecule has 0 bridgehead atoms. The highest BCUT2D eigenvalue weighted by Gasteiger charge is 2.24. The molecule has 0 spiro atoms. The van der Waals surface area contributed by atoms with Crippen molar-refractivity contribution in [2.45, 2.75) is 44.8 Å². The third-order valence-electron chi connectivity index (χ3n) is 4.16. The molecule has 7 heteroatoms. The SMILES string of the molecule is Cc1ncccc1OC1CCC(NC(=O)c2cncc(=O)[nH]2)CC1. The van der Waals surface area contributed by atoms with E-state index in [2.05, 4.69) is 20.3 Å². The quantitative estimate of drug-likeness (QED) is 0.888. The number of aryl methyl sites for hydroxylation is 1. The van der Waals surface area contributed by atoms with Crippen LogP contribution in [0.15, 0.2) is 35.5 Å². The summed E-state index contributed by atoms with van der Waals surface area (Å²) in [5, 5.41) is 2.94. The molecule has 2 N–H and O–H groups in total. The van der Waals surface area contributed by atoms with Gasteiger partial charge in [0.2, 0.25) is 0 Å². The Hall–Kier alpha value is -2.70. The summed E-state index contributed by atoms with van der Waals surface area (Å²) in [5.41, 5.74) is 0.687. The molecule has 3 rings (SSSR count). The monoisotopic (exact) mass is 328 g/mol. The number of pyridine rings is 1. The molecule has 1 fully saturated rings. The Labute approximate surface area is 139 Å². The Morgan fingerprint density at radius 1 is 1.29 bits per heavy atom. The highest BCUT2D eigenvalue weighted by atomic mass is 16.5. The zero-order valence-electron chi connectivity index (χ0n) is 13.5. The zero-order chi connectivity index (χ0) is 16.9. The second kappa shape index (κ2) is 7.25. The topological polar surface area (TPSA) is 97.0 Å². The van der Waals surface area contributed by atoms with Crippen LogP contribution < -0.4 is 15.6 Å². The molecule has 0 unspecified atom stereocenters. The first kappa shape index (κ1) is 16.2. The van der Waals surface area contributed by atoms with E-state index in [1.165, 1.54) is 6.20 Å². The second-order valence-electron chi connectivity index (χ2n) is 5.96. The van der Waals surface area contributed by atoms with Crippen molar-refractivity contribution in [3.63, 3.8) is 0 Å². The van der Waals surface area contributed by atoms with Crippen molar-refractivity contribution in [1.29, 1.82) is 0 Å². The van der Waals surface area contributed by atoms with Gasteiger partial charge in [-0.2, -0.15) is 0 Å². The van der Waals surface area contributed by atoms with Crippen LogP contribution in [-0.4, -0.2) is 33.0 Å². The number of amides is 1. The van der Waals surface area contributed by atoms with E-state index in [0.717, 1.165) is 43.3 Å². The maximum Gasteiger partial charge on any atom is 0.269 e. The van der Waals surface area contributed by atoms with Crippen LogP contribution in [0, 0.1) is 6.92 Å². The summed E-state index contributed by atoms with van der Waals surface area (Å²) in [6, 6.07) is 3.87. The summed E-state index contributed by atoms with van der Waals surface area (Å²) in [6.07, 6.45) is 7.78. The summed E-state index contributed by atoms with van der Waals surface area (Å²) in [7, 11) is 0. The Morgan fingerprint density at radius 3 is 2.79 bits per heavy atom. The minimum absolute atomic E-state index is 0.0797. The summed E-state index contributed by atoms with van der Waals surface area (Å²) in [6.45, 7) is 1.93. The Morgan fingerprint density at radius 2 is 2.08 bits per heavy atom. The van der Waals surface area contributed by atoms with Gasteiger partial charge in [0.25, 0.3) is 11.5 Å². The fraction of sp³-hybridized carbons (Fsp3) is 0.412. The average Bonchev–Trinajstić information content (AvgIpc) is 2.58. The molecule has 7 nitrogen and oxygen atoms in total. The van der Waals surface area contributed by atoms with Crippen LogP contribution in [0.4, 0.5) is 0 Å². The Balaban J connectivity index is 1.51. The standard InChI is InChI=1S/C17H20N4O3/c1-11-15(3-2-8-19-11)24-13-6-4-12(5-7-13)20-17(23)14-9-18-10-16(22)21-14/h2-3,8-10,12-13H,4-7H2,1H3,(H,20,23)(H,21,22). The van der Waals surface area contributed by atoms with Crippen molar-refractivity contribution < 1.29 is 9.53 Å². The van der Waals surface area contributed by atoms with Crippen LogP contribution >= 0.6 is 0 Å². The first-order chi connectivity index (χ1) is 11.6. The number of carbonyl (C=O) groups is 1. The maximum atomic E-state index is 12.1. The van der Waals surface area contributed by atoms with Gasteiger partial charge in [-0.05, 0) is 44.7 Å². The first-order valence-electron chi connectivity index (χ1n) is 8.05. The molecule has 2 aromatic heterocycles. The van der Waals surface area contributed by atoms with Gasteiger partial charge in [0.15, 0.2) is 0 Å². The molecule has 1 aliphatic rings. The molecular formula is C17H20N4O3. The summed E-state index contributed by atoms with van der Waals surface area (Å²) < 4.78 is 6.01. The van der Waals surface area contributed by atoms with Crippen molar-refractivity contribution >= 4 is 5.91 Å². The van der Waals surface area contributed by atoms with Gasteiger partial charge >= 0.3 is 0 Å². The van der Waals surface area contributed by atoms with E-state index in [9.17, 15) is 9.59 Å². The number of nitrogens with one attached hydrogen (secondary N) is 2. The molecule has 0 atom stereocenters. The number of carbonyl (C=O) groups excluding carboxylic acids is 1. The number of aromatic amines is 1. The van der Waals surface area contributed by atoms with Gasteiger partial charge in [0, 0.05) is 12.2 Å². The fourth-order valence-corrected chi connectivity index (χ4v) is 2.85. The number of H-pyrrole nitrogens is 1. The third-order valence-corrected chi connectivity index (χ3v) is 4.16. The molecule has 1 saturated carbocycles. The predicted octanol–water partition coefficient (Wildman–Crippen LogP) is 1.59. The van der Waals surface area contributed by atoms with Crippen molar-refractivity contribution in [2.75, 3.05) is 0 Å². The Bertz CT molecular complexity index is 766. The van der Waals surface area contributed by atoms with Crippen LogP contribution in [0.2, 0.25) is 0 Å². The number of hydrogen-bond acceptors (Lipinski definition) is 5. The van der Waals surface area contributed by atoms with E-state index >= 15 is 0 Å². The van der Waals surface area contributed by atoms with Gasteiger partial charge in [-0.15, -0.1) is 0 Å². The molecular weight excluding hydrogens is 308 g/mol. The number of hydrogen-bond donors (Lipinski definition) is 2.